The summed E-state index contributed by atoms with van der Waals surface area (Å²) in [7, 11) is 0. The first kappa shape index (κ1) is 14.0. The summed E-state index contributed by atoms with van der Waals surface area (Å²) in [5.74, 6) is -0.385. The number of carboxylic acid groups (broad SMARTS) is 1. The largest absolute Gasteiger partial charge is 0.478 e. The Morgan fingerprint density at radius 2 is 1.94 bits per heavy atom. The number of carbonyl (C=O) groups is 1. The van der Waals surface area contributed by atoms with Crippen molar-refractivity contribution in [3.8, 4) is 0 Å². The molecule has 94 valence electrons. The van der Waals surface area contributed by atoms with Crippen LogP contribution in [-0.4, -0.2) is 21.3 Å². The lowest BCUT2D eigenvalue weighted by Gasteiger charge is -2.17. The van der Waals surface area contributed by atoms with Gasteiger partial charge in [0, 0.05) is 15.8 Å². The van der Waals surface area contributed by atoms with Crippen LogP contribution in [0.4, 0.5) is 0 Å². The molecule has 0 amide bonds. The van der Waals surface area contributed by atoms with Crippen LogP contribution in [0.3, 0.4) is 0 Å². The fraction of sp³-hybridized carbons (Fsp3) is 0.538. The van der Waals surface area contributed by atoms with Crippen LogP contribution in [0.1, 0.15) is 42.5 Å². The number of hydrogen-bond donors (Lipinski definition) is 1. The molecule has 1 unspecified atom stereocenters. The molecular weight excluding hydrogens is 234 g/mol. The zero-order valence-corrected chi connectivity index (χ0v) is 11.8. The van der Waals surface area contributed by atoms with Gasteiger partial charge in [0.2, 0.25) is 0 Å². The lowest BCUT2D eigenvalue weighted by molar-refractivity contribution is 0.0691. The van der Waals surface area contributed by atoms with E-state index in [2.05, 4.69) is 25.8 Å². The average molecular weight is 253 g/mol. The van der Waals surface area contributed by atoms with Gasteiger partial charge in [-0.25, -0.2) is 4.79 Å². The van der Waals surface area contributed by atoms with Crippen LogP contribution in [-0.2, 0) is 0 Å². The van der Waals surface area contributed by atoms with Gasteiger partial charge < -0.3 is 5.11 Å². The molecule has 1 rings (SSSR count). The van der Waals surface area contributed by atoms with Crippen molar-refractivity contribution in [1.82, 2.24) is 4.98 Å². The van der Waals surface area contributed by atoms with E-state index in [1.54, 1.807) is 18.7 Å². The second kappa shape index (κ2) is 5.54. The molecule has 1 aromatic rings. The van der Waals surface area contributed by atoms with Gasteiger partial charge in [-0.1, -0.05) is 20.8 Å². The van der Waals surface area contributed by atoms with E-state index in [0.29, 0.717) is 22.4 Å². The molecule has 3 nitrogen and oxygen atoms in total. The molecule has 1 heterocycles. The number of aromatic carboxylic acids is 1. The summed E-state index contributed by atoms with van der Waals surface area (Å²) in [5.41, 5.74) is 1.80. The number of nitrogens with zero attached hydrogens (tertiary/aromatic N) is 1. The molecule has 0 radical (unpaired) electrons. The minimum atomic E-state index is -0.895. The molecule has 0 saturated heterocycles. The van der Waals surface area contributed by atoms with Crippen molar-refractivity contribution >= 4 is 17.7 Å². The number of carboxylic acids is 1. The normalized spacial score (nSPS) is 12.8. The minimum absolute atomic E-state index is 0.341. The van der Waals surface area contributed by atoms with Gasteiger partial charge in [-0.15, -0.1) is 11.8 Å². The van der Waals surface area contributed by atoms with Gasteiger partial charge in [0.1, 0.15) is 0 Å². The maximum atomic E-state index is 11.3. The van der Waals surface area contributed by atoms with Crippen molar-refractivity contribution in [2.75, 3.05) is 0 Å². The fourth-order valence-corrected chi connectivity index (χ4v) is 2.75. The van der Waals surface area contributed by atoms with Crippen LogP contribution in [0.5, 0.6) is 0 Å². The number of hydrogen-bond acceptors (Lipinski definition) is 3. The Balaban J connectivity index is 3.17. The Morgan fingerprint density at radius 1 is 1.35 bits per heavy atom. The maximum Gasteiger partial charge on any atom is 0.338 e. The molecule has 0 aromatic carbocycles. The first-order valence-corrected chi connectivity index (χ1v) is 6.59. The third-order valence-corrected chi connectivity index (χ3v) is 4.25. The highest BCUT2D eigenvalue weighted by Crippen LogP contribution is 2.32. The van der Waals surface area contributed by atoms with Gasteiger partial charge in [0.15, 0.2) is 0 Å². The second-order valence-corrected chi connectivity index (χ2v) is 6.01. The summed E-state index contributed by atoms with van der Waals surface area (Å²) in [6.45, 7) is 10.0. The van der Waals surface area contributed by atoms with Gasteiger partial charge in [-0.3, -0.25) is 4.98 Å². The van der Waals surface area contributed by atoms with Gasteiger partial charge in [0.25, 0.3) is 0 Å². The number of rotatable bonds is 4. The molecule has 0 fully saturated rings. The van der Waals surface area contributed by atoms with Crippen LogP contribution in [0.2, 0.25) is 0 Å². The lowest BCUT2D eigenvalue weighted by atomic mass is 10.1. The third kappa shape index (κ3) is 3.46. The van der Waals surface area contributed by atoms with Crippen LogP contribution < -0.4 is 0 Å². The van der Waals surface area contributed by atoms with Gasteiger partial charge in [0.05, 0.1) is 11.3 Å². The van der Waals surface area contributed by atoms with E-state index < -0.39 is 5.97 Å². The molecule has 1 atom stereocenters. The van der Waals surface area contributed by atoms with Crippen LogP contribution >= 0.6 is 11.8 Å². The molecular formula is C13H19NO2S. The highest BCUT2D eigenvalue weighted by Gasteiger charge is 2.18. The summed E-state index contributed by atoms with van der Waals surface area (Å²) in [6, 6.07) is 1.86. The van der Waals surface area contributed by atoms with E-state index in [1.165, 1.54) is 0 Å². The average Bonchev–Trinajstić information content (AvgIpc) is 2.14. The van der Waals surface area contributed by atoms with Crippen LogP contribution in [0.15, 0.2) is 11.0 Å². The summed E-state index contributed by atoms with van der Waals surface area (Å²) in [6.07, 6.45) is 0. The molecule has 4 heteroatoms. The number of aryl methyl sites for hydroxylation is 2. The first-order valence-electron chi connectivity index (χ1n) is 5.71. The van der Waals surface area contributed by atoms with Gasteiger partial charge >= 0.3 is 5.97 Å². The maximum absolute atomic E-state index is 11.3. The van der Waals surface area contributed by atoms with E-state index in [4.69, 9.17) is 0 Å². The molecule has 0 spiro atoms. The Morgan fingerprint density at radius 3 is 2.41 bits per heavy atom. The van der Waals surface area contributed by atoms with Crippen molar-refractivity contribution in [3.05, 3.63) is 23.0 Å². The van der Waals surface area contributed by atoms with E-state index >= 15 is 0 Å². The standard InChI is InChI=1S/C13H19NO2S/c1-7(2)10(5)17-11-6-8(3)14-9(4)12(11)13(15)16/h6-7,10H,1-5H3,(H,15,16). The zero-order chi connectivity index (χ0) is 13.2. The highest BCUT2D eigenvalue weighted by molar-refractivity contribution is 8.00. The van der Waals surface area contributed by atoms with Crippen molar-refractivity contribution in [2.45, 2.75) is 44.8 Å². The second-order valence-electron chi connectivity index (χ2n) is 4.59. The zero-order valence-electron chi connectivity index (χ0n) is 10.9. The van der Waals surface area contributed by atoms with Crippen molar-refractivity contribution in [1.29, 1.82) is 0 Å². The summed E-state index contributed by atoms with van der Waals surface area (Å²) >= 11 is 1.61. The van der Waals surface area contributed by atoms with Crippen molar-refractivity contribution in [3.63, 3.8) is 0 Å². The van der Waals surface area contributed by atoms with E-state index in [-0.39, 0.29) is 0 Å². The Bertz CT molecular complexity index is 430. The summed E-state index contributed by atoms with van der Waals surface area (Å²) in [4.78, 5) is 16.3. The Labute approximate surface area is 107 Å². The first-order chi connectivity index (χ1) is 7.82. The number of aromatic nitrogens is 1. The van der Waals surface area contributed by atoms with Crippen molar-refractivity contribution < 1.29 is 9.90 Å². The van der Waals surface area contributed by atoms with E-state index in [9.17, 15) is 9.90 Å². The molecule has 1 aromatic heterocycles. The predicted molar refractivity (Wildman–Crippen MR) is 70.8 cm³/mol. The topological polar surface area (TPSA) is 50.2 Å². The smallest absolute Gasteiger partial charge is 0.338 e. The predicted octanol–water partition coefficient (Wildman–Crippen LogP) is 3.53. The quantitative estimate of drug-likeness (QED) is 0.834. The molecule has 0 aliphatic rings. The lowest BCUT2D eigenvalue weighted by Crippen LogP contribution is -2.10. The van der Waals surface area contributed by atoms with Gasteiger partial charge in [-0.05, 0) is 25.8 Å². The number of pyridine rings is 1. The highest BCUT2D eigenvalue weighted by atomic mass is 32.2. The Kier molecular flexibility index (Phi) is 4.57. The van der Waals surface area contributed by atoms with Gasteiger partial charge in [-0.2, -0.15) is 0 Å². The van der Waals surface area contributed by atoms with Crippen molar-refractivity contribution in [2.24, 2.45) is 5.92 Å². The van der Waals surface area contributed by atoms with E-state index in [0.717, 1.165) is 10.6 Å². The molecule has 0 aliphatic heterocycles. The molecule has 0 bridgehead atoms. The number of thioether (sulfide) groups is 1. The Hall–Kier alpha value is -1.03. The molecule has 0 saturated carbocycles. The summed E-state index contributed by atoms with van der Waals surface area (Å²) in [5, 5.41) is 9.62. The third-order valence-electron chi connectivity index (χ3n) is 2.76. The van der Waals surface area contributed by atoms with Crippen LogP contribution in [0.25, 0.3) is 0 Å². The molecule has 1 N–H and O–H groups in total. The van der Waals surface area contributed by atoms with Crippen LogP contribution in [0, 0.1) is 19.8 Å². The fourth-order valence-electron chi connectivity index (χ4n) is 1.48. The van der Waals surface area contributed by atoms with E-state index in [1.807, 2.05) is 13.0 Å². The molecule has 17 heavy (non-hydrogen) atoms. The minimum Gasteiger partial charge on any atom is -0.478 e. The monoisotopic (exact) mass is 253 g/mol. The summed E-state index contributed by atoms with van der Waals surface area (Å²) < 4.78 is 0. The SMILES string of the molecule is Cc1cc(SC(C)C(C)C)c(C(=O)O)c(C)n1. The molecule has 0 aliphatic carbocycles.